The number of carbonyl (C=O) groups excluding carboxylic acids is 1. The molecule has 3 rings (SSSR count). The Morgan fingerprint density at radius 2 is 2.29 bits per heavy atom. The summed E-state index contributed by atoms with van der Waals surface area (Å²) in [5.41, 5.74) is 1.67. The van der Waals surface area contributed by atoms with Crippen molar-refractivity contribution in [1.29, 1.82) is 0 Å². The fourth-order valence-corrected chi connectivity index (χ4v) is 2.51. The van der Waals surface area contributed by atoms with Crippen LogP contribution in [0.4, 0.5) is 5.69 Å². The van der Waals surface area contributed by atoms with Gasteiger partial charge in [-0.25, -0.2) is 0 Å². The van der Waals surface area contributed by atoms with Gasteiger partial charge in [0.15, 0.2) is 0 Å². The summed E-state index contributed by atoms with van der Waals surface area (Å²) in [6.45, 7) is 5.60. The van der Waals surface area contributed by atoms with Crippen LogP contribution in [0.25, 0.3) is 0 Å². The summed E-state index contributed by atoms with van der Waals surface area (Å²) in [7, 11) is 1.82. The van der Waals surface area contributed by atoms with Gasteiger partial charge in [-0.05, 0) is 13.8 Å². The van der Waals surface area contributed by atoms with Crippen LogP contribution < -0.4 is 4.90 Å². The maximum Gasteiger partial charge on any atom is 0.263 e. The third-order valence-corrected chi connectivity index (χ3v) is 3.78. The second-order valence-corrected chi connectivity index (χ2v) is 5.55. The first kappa shape index (κ1) is 13.8. The van der Waals surface area contributed by atoms with Crippen LogP contribution in [0.15, 0.2) is 23.2 Å². The number of hydrogen-bond acceptors (Lipinski definition) is 5. The summed E-state index contributed by atoms with van der Waals surface area (Å²) in [5.74, 6) is -0.130. The van der Waals surface area contributed by atoms with E-state index in [-0.39, 0.29) is 11.3 Å². The van der Waals surface area contributed by atoms with Crippen molar-refractivity contribution in [3.63, 3.8) is 0 Å². The SMILES string of the molecule is CCN(C(=O)c1conc1C1(C)COC1)c1cnn(C)c1. The maximum absolute atomic E-state index is 12.8. The lowest BCUT2D eigenvalue weighted by atomic mass is 9.83. The quantitative estimate of drug-likeness (QED) is 0.850. The minimum absolute atomic E-state index is 0.130. The molecular formula is C14H18N4O3. The van der Waals surface area contributed by atoms with Crippen molar-refractivity contribution in [3.05, 3.63) is 29.9 Å². The van der Waals surface area contributed by atoms with Crippen molar-refractivity contribution in [3.8, 4) is 0 Å². The van der Waals surface area contributed by atoms with Gasteiger partial charge in [0.05, 0.1) is 30.5 Å². The lowest BCUT2D eigenvalue weighted by Gasteiger charge is -2.36. The molecule has 0 atom stereocenters. The smallest absolute Gasteiger partial charge is 0.263 e. The van der Waals surface area contributed by atoms with E-state index >= 15 is 0 Å². The minimum atomic E-state index is -0.244. The molecule has 0 unspecified atom stereocenters. The first-order valence-electron chi connectivity index (χ1n) is 6.88. The Morgan fingerprint density at radius 3 is 2.81 bits per heavy atom. The minimum Gasteiger partial charge on any atom is -0.379 e. The molecule has 2 aromatic heterocycles. The lowest BCUT2D eigenvalue weighted by Crippen LogP contribution is -2.45. The van der Waals surface area contributed by atoms with Gasteiger partial charge in [0.1, 0.15) is 17.5 Å². The van der Waals surface area contributed by atoms with Crippen LogP contribution in [0.2, 0.25) is 0 Å². The molecule has 1 aliphatic heterocycles. The summed E-state index contributed by atoms with van der Waals surface area (Å²) >= 11 is 0. The van der Waals surface area contributed by atoms with Crippen LogP contribution in [0.1, 0.15) is 29.9 Å². The molecule has 3 heterocycles. The Morgan fingerprint density at radius 1 is 1.52 bits per heavy atom. The van der Waals surface area contributed by atoms with Crippen LogP contribution >= 0.6 is 0 Å². The zero-order chi connectivity index (χ0) is 15.0. The first-order valence-corrected chi connectivity index (χ1v) is 6.88. The highest BCUT2D eigenvalue weighted by Crippen LogP contribution is 2.33. The van der Waals surface area contributed by atoms with Gasteiger partial charge in [0, 0.05) is 19.8 Å². The van der Waals surface area contributed by atoms with Crippen molar-refractivity contribution in [2.45, 2.75) is 19.3 Å². The molecule has 0 aromatic carbocycles. The number of rotatable bonds is 4. The average molecular weight is 290 g/mol. The fraction of sp³-hybridized carbons (Fsp3) is 0.500. The van der Waals surface area contributed by atoms with Crippen molar-refractivity contribution in [2.24, 2.45) is 7.05 Å². The first-order chi connectivity index (χ1) is 10.0. The number of carbonyl (C=O) groups is 1. The van der Waals surface area contributed by atoms with Gasteiger partial charge in [-0.3, -0.25) is 9.48 Å². The molecular weight excluding hydrogens is 272 g/mol. The molecule has 0 bridgehead atoms. The number of aromatic nitrogens is 3. The number of nitrogens with zero attached hydrogens (tertiary/aromatic N) is 4. The van der Waals surface area contributed by atoms with E-state index in [2.05, 4.69) is 10.3 Å². The summed E-state index contributed by atoms with van der Waals surface area (Å²) < 4.78 is 12.0. The monoisotopic (exact) mass is 290 g/mol. The molecule has 0 radical (unpaired) electrons. The van der Waals surface area contributed by atoms with E-state index in [1.54, 1.807) is 15.8 Å². The molecule has 1 fully saturated rings. The number of amides is 1. The molecule has 0 saturated carbocycles. The van der Waals surface area contributed by atoms with Gasteiger partial charge in [0.25, 0.3) is 5.91 Å². The normalized spacial score (nSPS) is 16.5. The van der Waals surface area contributed by atoms with Crippen molar-refractivity contribution in [1.82, 2.24) is 14.9 Å². The number of anilines is 1. The molecule has 7 nitrogen and oxygen atoms in total. The summed E-state index contributed by atoms with van der Waals surface area (Å²) in [5, 5.41) is 8.13. The van der Waals surface area contributed by atoms with E-state index in [1.165, 1.54) is 6.26 Å². The van der Waals surface area contributed by atoms with Crippen LogP contribution in [-0.2, 0) is 17.2 Å². The largest absolute Gasteiger partial charge is 0.379 e. The van der Waals surface area contributed by atoms with E-state index in [1.807, 2.05) is 27.1 Å². The second kappa shape index (κ2) is 5.00. The second-order valence-electron chi connectivity index (χ2n) is 5.55. The molecule has 1 amide bonds. The third-order valence-electron chi connectivity index (χ3n) is 3.78. The molecule has 0 N–H and O–H groups in total. The van der Waals surface area contributed by atoms with Crippen LogP contribution in [-0.4, -0.2) is 40.6 Å². The molecule has 21 heavy (non-hydrogen) atoms. The molecule has 2 aromatic rings. The van der Waals surface area contributed by atoms with E-state index < -0.39 is 0 Å². The van der Waals surface area contributed by atoms with Gasteiger partial charge in [-0.2, -0.15) is 5.10 Å². The van der Waals surface area contributed by atoms with Crippen LogP contribution in [0, 0.1) is 0 Å². The third kappa shape index (κ3) is 2.23. The van der Waals surface area contributed by atoms with Gasteiger partial charge in [-0.1, -0.05) is 5.16 Å². The molecule has 0 aliphatic carbocycles. The Labute approximate surface area is 122 Å². The van der Waals surface area contributed by atoms with Crippen LogP contribution in [0.3, 0.4) is 0 Å². The highest BCUT2D eigenvalue weighted by atomic mass is 16.5. The summed E-state index contributed by atoms with van der Waals surface area (Å²) in [4.78, 5) is 14.5. The Bertz CT molecular complexity index is 657. The zero-order valence-corrected chi connectivity index (χ0v) is 12.4. The van der Waals surface area contributed by atoms with Crippen LogP contribution in [0.5, 0.6) is 0 Å². The maximum atomic E-state index is 12.8. The number of hydrogen-bond donors (Lipinski definition) is 0. The van der Waals surface area contributed by atoms with Gasteiger partial charge in [-0.15, -0.1) is 0 Å². The Balaban J connectivity index is 1.93. The van der Waals surface area contributed by atoms with Gasteiger partial charge in [0.2, 0.25) is 0 Å². The standard InChI is InChI=1S/C14H18N4O3/c1-4-18(10-5-15-17(3)6-10)13(19)11-7-21-16-12(11)14(2)8-20-9-14/h5-7H,4,8-9H2,1-3H3. The fourth-order valence-electron chi connectivity index (χ4n) is 2.51. The van der Waals surface area contributed by atoms with Crippen molar-refractivity contribution < 1.29 is 14.1 Å². The van der Waals surface area contributed by atoms with E-state index in [4.69, 9.17) is 9.26 Å². The van der Waals surface area contributed by atoms with Gasteiger partial charge >= 0.3 is 0 Å². The van der Waals surface area contributed by atoms with Gasteiger partial charge < -0.3 is 14.2 Å². The summed E-state index contributed by atoms with van der Waals surface area (Å²) in [6, 6.07) is 0. The lowest BCUT2D eigenvalue weighted by molar-refractivity contribution is -0.0534. The molecule has 1 aliphatic rings. The average Bonchev–Trinajstić information content (AvgIpc) is 3.06. The van der Waals surface area contributed by atoms with E-state index in [0.717, 1.165) is 5.69 Å². The molecule has 1 saturated heterocycles. The summed E-state index contributed by atoms with van der Waals surface area (Å²) in [6.07, 6.45) is 4.89. The Hall–Kier alpha value is -2.15. The topological polar surface area (TPSA) is 73.4 Å². The number of aryl methyl sites for hydroxylation is 1. The van der Waals surface area contributed by atoms with Crippen molar-refractivity contribution >= 4 is 11.6 Å². The van der Waals surface area contributed by atoms with E-state index in [9.17, 15) is 4.79 Å². The molecule has 7 heteroatoms. The predicted molar refractivity (Wildman–Crippen MR) is 75.2 cm³/mol. The zero-order valence-electron chi connectivity index (χ0n) is 12.4. The molecule has 112 valence electrons. The highest BCUT2D eigenvalue weighted by molar-refractivity contribution is 6.06. The molecule has 0 spiro atoms. The Kier molecular flexibility index (Phi) is 3.29. The van der Waals surface area contributed by atoms with Crippen molar-refractivity contribution in [2.75, 3.05) is 24.7 Å². The highest BCUT2D eigenvalue weighted by Gasteiger charge is 2.42. The number of ether oxygens (including phenoxy) is 1. The van der Waals surface area contributed by atoms with E-state index in [0.29, 0.717) is 31.0 Å². The predicted octanol–water partition coefficient (Wildman–Crippen LogP) is 1.36.